The molecule has 0 aliphatic carbocycles. The van der Waals surface area contributed by atoms with E-state index in [4.69, 9.17) is 4.74 Å². The zero-order valence-electron chi connectivity index (χ0n) is 24.1. The topological polar surface area (TPSA) is 75.6 Å². The van der Waals surface area contributed by atoms with Gasteiger partial charge in [-0.2, -0.15) is 23.5 Å². The largest absolute Gasteiger partial charge is 0.480 e. The third kappa shape index (κ3) is 8.88. The Morgan fingerprint density at radius 2 is 1.73 bits per heavy atom. The van der Waals surface area contributed by atoms with Crippen molar-refractivity contribution in [2.75, 3.05) is 23.5 Å². The summed E-state index contributed by atoms with van der Waals surface area (Å²) in [6.45, 7) is 8.95. The van der Waals surface area contributed by atoms with Crippen molar-refractivity contribution in [1.82, 2.24) is 5.32 Å². The molecule has 214 valence electrons. The molecule has 0 saturated carbocycles. The molecule has 7 heteroatoms. The van der Waals surface area contributed by atoms with Crippen LogP contribution in [0.2, 0.25) is 0 Å². The molecule has 3 aromatic rings. The summed E-state index contributed by atoms with van der Waals surface area (Å²) in [4.78, 5) is 25.2. The molecular weight excluding hydrogens is 539 g/mol. The van der Waals surface area contributed by atoms with E-state index >= 15 is 0 Å². The fraction of sp³-hybridized carbons (Fsp3) is 0.394. The summed E-state index contributed by atoms with van der Waals surface area (Å²) in [6, 6.07) is 21.3. The van der Waals surface area contributed by atoms with Crippen LogP contribution < -0.4 is 5.32 Å². The summed E-state index contributed by atoms with van der Waals surface area (Å²) in [5, 5.41) is 12.4. The van der Waals surface area contributed by atoms with Crippen molar-refractivity contribution >= 4 is 35.4 Å². The Balaban J connectivity index is 1.91. The number of carbonyl (C=O) groups excluding carboxylic acids is 1. The Morgan fingerprint density at radius 1 is 0.975 bits per heavy atom. The van der Waals surface area contributed by atoms with Gasteiger partial charge in [-0.25, -0.2) is 4.79 Å². The zero-order valence-corrected chi connectivity index (χ0v) is 25.7. The fourth-order valence-electron chi connectivity index (χ4n) is 4.49. The highest BCUT2D eigenvalue weighted by atomic mass is 32.2. The number of nitrogens with one attached hydrogen (secondary N) is 1. The maximum Gasteiger partial charge on any atom is 0.326 e. The Labute approximate surface area is 247 Å². The van der Waals surface area contributed by atoms with E-state index in [0.717, 1.165) is 33.8 Å². The molecule has 2 N–H and O–H groups in total. The van der Waals surface area contributed by atoms with Gasteiger partial charge in [0.05, 0.1) is 12.7 Å². The number of hydrogen-bond donors (Lipinski definition) is 2. The van der Waals surface area contributed by atoms with Crippen LogP contribution in [0, 0.1) is 6.92 Å². The minimum absolute atomic E-state index is 0.0544. The summed E-state index contributed by atoms with van der Waals surface area (Å²) in [5.74, 6) is 1.55. The fourth-order valence-corrected chi connectivity index (χ4v) is 5.70. The molecule has 0 heterocycles. The zero-order chi connectivity index (χ0) is 29.1. The summed E-state index contributed by atoms with van der Waals surface area (Å²) >= 11 is 3.41. The van der Waals surface area contributed by atoms with Crippen LogP contribution in [0.5, 0.6) is 0 Å². The van der Waals surface area contributed by atoms with Crippen molar-refractivity contribution in [3.8, 4) is 11.1 Å². The summed E-state index contributed by atoms with van der Waals surface area (Å²) in [7, 11) is 0. The molecule has 0 spiro atoms. The van der Waals surface area contributed by atoms with Crippen LogP contribution in [0.4, 0.5) is 0 Å². The van der Waals surface area contributed by atoms with Gasteiger partial charge < -0.3 is 15.2 Å². The molecule has 3 rings (SSSR count). The first-order valence-corrected chi connectivity index (χ1v) is 16.3. The Bertz CT molecular complexity index is 1280. The molecule has 0 aromatic heterocycles. The lowest BCUT2D eigenvalue weighted by Crippen LogP contribution is -2.41. The predicted molar refractivity (Wildman–Crippen MR) is 170 cm³/mol. The Kier molecular flexibility index (Phi) is 12.6. The molecule has 0 radical (unpaired) electrons. The van der Waals surface area contributed by atoms with Gasteiger partial charge in [-0.15, -0.1) is 0 Å². The van der Waals surface area contributed by atoms with E-state index < -0.39 is 12.0 Å². The highest BCUT2D eigenvalue weighted by Gasteiger charge is 2.23. The lowest BCUT2D eigenvalue weighted by molar-refractivity contribution is -0.139. The molecule has 1 amide bonds. The van der Waals surface area contributed by atoms with E-state index in [-0.39, 0.29) is 12.0 Å². The van der Waals surface area contributed by atoms with Crippen LogP contribution in [-0.2, 0) is 16.1 Å². The lowest BCUT2D eigenvalue weighted by atomic mass is 9.93. The van der Waals surface area contributed by atoms with Gasteiger partial charge in [0.2, 0.25) is 0 Å². The van der Waals surface area contributed by atoms with Crippen LogP contribution in [-0.4, -0.2) is 46.5 Å². The molecule has 0 aliphatic rings. The van der Waals surface area contributed by atoms with Crippen molar-refractivity contribution in [1.29, 1.82) is 0 Å². The molecule has 0 saturated heterocycles. The number of hydrogen-bond acceptors (Lipinski definition) is 5. The highest BCUT2D eigenvalue weighted by molar-refractivity contribution is 7.99. The normalized spacial score (nSPS) is 12.8. The maximum atomic E-state index is 13.4. The molecule has 5 nitrogen and oxygen atoms in total. The predicted octanol–water partition coefficient (Wildman–Crippen LogP) is 7.73. The lowest BCUT2D eigenvalue weighted by Gasteiger charge is -2.21. The van der Waals surface area contributed by atoms with Gasteiger partial charge >= 0.3 is 5.97 Å². The van der Waals surface area contributed by atoms with E-state index in [0.29, 0.717) is 30.3 Å². The van der Waals surface area contributed by atoms with Gasteiger partial charge in [0.15, 0.2) is 0 Å². The van der Waals surface area contributed by atoms with Crippen LogP contribution in [0.1, 0.15) is 71.8 Å². The highest BCUT2D eigenvalue weighted by Crippen LogP contribution is 2.31. The van der Waals surface area contributed by atoms with E-state index in [9.17, 15) is 14.7 Å². The van der Waals surface area contributed by atoms with Crippen LogP contribution in [0.3, 0.4) is 0 Å². The van der Waals surface area contributed by atoms with Crippen molar-refractivity contribution in [3.63, 3.8) is 0 Å². The molecule has 3 aromatic carbocycles. The van der Waals surface area contributed by atoms with Gasteiger partial charge in [0.25, 0.3) is 5.91 Å². The van der Waals surface area contributed by atoms with E-state index in [1.807, 2.05) is 61.3 Å². The molecule has 0 aliphatic heterocycles. The van der Waals surface area contributed by atoms with E-state index in [1.165, 1.54) is 11.1 Å². The third-order valence-electron chi connectivity index (χ3n) is 6.85. The second kappa shape index (κ2) is 15.9. The van der Waals surface area contributed by atoms with Gasteiger partial charge in [-0.3, -0.25) is 4.79 Å². The SMILES string of the molecule is CCSC[C@H](OCc1ccc(C(=O)N[C@@H](CCSC)C(=O)O)c(-c2ccccc2C)c1)c1cccc(C(C)C)c1. The Morgan fingerprint density at radius 3 is 2.40 bits per heavy atom. The molecular formula is C33H41NO4S2. The Hall–Kier alpha value is -2.74. The van der Waals surface area contributed by atoms with Gasteiger partial charge in [-0.05, 0) is 82.5 Å². The molecule has 0 bridgehead atoms. The monoisotopic (exact) mass is 579 g/mol. The molecule has 40 heavy (non-hydrogen) atoms. The quantitative estimate of drug-likeness (QED) is 0.192. The van der Waals surface area contributed by atoms with Gasteiger partial charge in [0, 0.05) is 11.3 Å². The number of carboxylic acid groups (broad SMARTS) is 1. The second-order valence-corrected chi connectivity index (χ2v) is 12.4. The number of aliphatic carboxylic acids is 1. The average molecular weight is 580 g/mol. The maximum absolute atomic E-state index is 13.4. The minimum Gasteiger partial charge on any atom is -0.480 e. The summed E-state index contributed by atoms with van der Waals surface area (Å²) in [6.07, 6.45) is 2.23. The smallest absolute Gasteiger partial charge is 0.326 e. The minimum atomic E-state index is -1.03. The number of aryl methyl sites for hydroxylation is 1. The number of carbonyl (C=O) groups is 2. The molecule has 0 fully saturated rings. The molecule has 2 atom stereocenters. The van der Waals surface area contributed by atoms with Crippen LogP contribution in [0.25, 0.3) is 11.1 Å². The number of ether oxygens (including phenoxy) is 1. The molecule has 0 unspecified atom stereocenters. The number of rotatable bonds is 15. The summed E-state index contributed by atoms with van der Waals surface area (Å²) in [5.41, 5.74) is 6.62. The van der Waals surface area contributed by atoms with Crippen molar-refractivity contribution in [3.05, 3.63) is 94.5 Å². The standard InChI is InChI=1S/C33H41NO4S2/c1-6-40-21-31(26-12-9-11-25(19-26)22(2)3)38-20-24-14-15-28(29(18-24)27-13-8-7-10-23(27)4)32(35)34-30(33(36)37)16-17-39-5/h7-15,18-19,22,30-31H,6,16-17,20-21H2,1-5H3,(H,34,35)(H,36,37)/t30-,31-/m0/s1. The van der Waals surface area contributed by atoms with Gasteiger partial charge in [0.1, 0.15) is 6.04 Å². The van der Waals surface area contributed by atoms with E-state index in [1.54, 1.807) is 17.8 Å². The van der Waals surface area contributed by atoms with Crippen LogP contribution in [0.15, 0.2) is 66.7 Å². The summed E-state index contributed by atoms with van der Waals surface area (Å²) < 4.78 is 6.51. The van der Waals surface area contributed by atoms with Crippen molar-refractivity contribution < 1.29 is 19.4 Å². The first kappa shape index (κ1) is 31.8. The first-order chi connectivity index (χ1) is 19.2. The number of thioether (sulfide) groups is 2. The van der Waals surface area contributed by atoms with Gasteiger partial charge in [-0.1, -0.05) is 75.4 Å². The number of carboxylic acids is 1. The number of amides is 1. The average Bonchev–Trinajstić information content (AvgIpc) is 2.95. The number of benzene rings is 3. The first-order valence-electron chi connectivity index (χ1n) is 13.8. The second-order valence-electron chi connectivity index (χ2n) is 10.1. The van der Waals surface area contributed by atoms with E-state index in [2.05, 4.69) is 50.4 Å². The van der Waals surface area contributed by atoms with Crippen molar-refractivity contribution in [2.45, 2.75) is 58.8 Å². The third-order valence-corrected chi connectivity index (χ3v) is 8.44. The van der Waals surface area contributed by atoms with Crippen LogP contribution >= 0.6 is 23.5 Å². The van der Waals surface area contributed by atoms with Crippen molar-refractivity contribution in [2.24, 2.45) is 0 Å².